The van der Waals surface area contributed by atoms with Gasteiger partial charge in [0.1, 0.15) is 22.6 Å². The van der Waals surface area contributed by atoms with Crippen molar-refractivity contribution in [1.29, 1.82) is 0 Å². The van der Waals surface area contributed by atoms with Crippen molar-refractivity contribution in [2.75, 3.05) is 32.4 Å². The SMILES string of the molecule is COCCn1c(-c2ccc(C(C)C)cc2)nc2c(Br)c(CNc3ccccc3S(C)(=O)=O)cc(OC)c21. The van der Waals surface area contributed by atoms with Crippen LogP contribution in [0.2, 0.25) is 0 Å². The lowest BCUT2D eigenvalue weighted by Crippen LogP contribution is -2.08. The van der Waals surface area contributed by atoms with Crippen LogP contribution in [-0.4, -0.2) is 45.1 Å². The minimum atomic E-state index is -3.37. The number of rotatable bonds is 10. The highest BCUT2D eigenvalue weighted by molar-refractivity contribution is 9.10. The van der Waals surface area contributed by atoms with E-state index in [0.717, 1.165) is 32.5 Å². The number of nitrogens with zero attached hydrogens (tertiary/aromatic N) is 2. The zero-order valence-electron chi connectivity index (χ0n) is 21.7. The summed E-state index contributed by atoms with van der Waals surface area (Å²) in [4.78, 5) is 5.31. The van der Waals surface area contributed by atoms with Crippen molar-refractivity contribution in [2.24, 2.45) is 0 Å². The number of hydrogen-bond acceptors (Lipinski definition) is 6. The van der Waals surface area contributed by atoms with Gasteiger partial charge in [0.2, 0.25) is 0 Å². The van der Waals surface area contributed by atoms with Crippen LogP contribution in [0.1, 0.15) is 30.9 Å². The monoisotopic (exact) mass is 585 g/mol. The summed E-state index contributed by atoms with van der Waals surface area (Å²) in [5, 5.41) is 3.28. The third kappa shape index (κ3) is 5.68. The summed E-state index contributed by atoms with van der Waals surface area (Å²) in [7, 11) is -0.0478. The number of fused-ring (bicyclic) bond motifs is 1. The third-order valence-corrected chi connectivity index (χ3v) is 8.37. The number of aromatic nitrogens is 2. The van der Waals surface area contributed by atoms with E-state index in [1.54, 1.807) is 32.4 Å². The highest BCUT2D eigenvalue weighted by Gasteiger charge is 2.22. The Bertz CT molecular complexity index is 1510. The highest BCUT2D eigenvalue weighted by Crippen LogP contribution is 2.38. The van der Waals surface area contributed by atoms with Gasteiger partial charge in [-0.3, -0.25) is 0 Å². The normalized spacial score (nSPS) is 11.9. The number of imidazole rings is 1. The number of ether oxygens (including phenoxy) is 2. The molecular formula is C28H32BrN3O4S. The Hall–Kier alpha value is -2.88. The topological polar surface area (TPSA) is 82.5 Å². The molecule has 0 radical (unpaired) electrons. The Morgan fingerprint density at radius 2 is 1.78 bits per heavy atom. The molecule has 9 heteroatoms. The highest BCUT2D eigenvalue weighted by atomic mass is 79.9. The van der Waals surface area contributed by atoms with E-state index in [-0.39, 0.29) is 4.90 Å². The lowest BCUT2D eigenvalue weighted by atomic mass is 10.0. The maximum atomic E-state index is 12.2. The van der Waals surface area contributed by atoms with Crippen molar-refractivity contribution in [2.45, 2.75) is 37.8 Å². The summed E-state index contributed by atoms with van der Waals surface area (Å²) in [6.07, 6.45) is 1.21. The minimum absolute atomic E-state index is 0.259. The largest absolute Gasteiger partial charge is 0.494 e. The van der Waals surface area contributed by atoms with E-state index >= 15 is 0 Å². The van der Waals surface area contributed by atoms with Crippen molar-refractivity contribution in [3.8, 4) is 17.1 Å². The fraction of sp³-hybridized carbons (Fsp3) is 0.321. The second-order valence-corrected chi connectivity index (χ2v) is 12.0. The maximum Gasteiger partial charge on any atom is 0.177 e. The van der Waals surface area contributed by atoms with Crippen LogP contribution >= 0.6 is 15.9 Å². The van der Waals surface area contributed by atoms with E-state index < -0.39 is 9.84 Å². The van der Waals surface area contributed by atoms with Gasteiger partial charge in [0.25, 0.3) is 0 Å². The van der Waals surface area contributed by atoms with Gasteiger partial charge in [0, 0.05) is 32.0 Å². The lowest BCUT2D eigenvalue weighted by molar-refractivity contribution is 0.188. The Balaban J connectivity index is 1.81. The molecule has 3 aromatic carbocycles. The van der Waals surface area contributed by atoms with Gasteiger partial charge in [-0.2, -0.15) is 0 Å². The predicted molar refractivity (Wildman–Crippen MR) is 152 cm³/mol. The molecule has 1 N–H and O–H groups in total. The molecule has 4 rings (SSSR count). The first-order chi connectivity index (χ1) is 17.7. The molecule has 196 valence electrons. The van der Waals surface area contributed by atoms with Gasteiger partial charge >= 0.3 is 0 Å². The van der Waals surface area contributed by atoms with Crippen molar-refractivity contribution in [3.63, 3.8) is 0 Å². The molecule has 0 spiro atoms. The van der Waals surface area contributed by atoms with Crippen molar-refractivity contribution < 1.29 is 17.9 Å². The van der Waals surface area contributed by atoms with Crippen molar-refractivity contribution >= 4 is 42.5 Å². The van der Waals surface area contributed by atoms with Gasteiger partial charge in [-0.15, -0.1) is 0 Å². The fourth-order valence-corrected chi connectivity index (χ4v) is 5.74. The number of anilines is 1. The summed E-state index contributed by atoms with van der Waals surface area (Å²) in [5.74, 6) is 1.95. The maximum absolute atomic E-state index is 12.2. The molecule has 0 unspecified atom stereocenters. The minimum Gasteiger partial charge on any atom is -0.494 e. The van der Waals surface area contributed by atoms with Crippen LogP contribution in [0, 0.1) is 0 Å². The van der Waals surface area contributed by atoms with Gasteiger partial charge in [-0.1, -0.05) is 50.2 Å². The zero-order chi connectivity index (χ0) is 26.7. The molecule has 4 aromatic rings. The van der Waals surface area contributed by atoms with E-state index in [0.29, 0.717) is 37.1 Å². The number of benzene rings is 3. The molecule has 0 aliphatic carbocycles. The van der Waals surface area contributed by atoms with Crippen LogP contribution in [0.4, 0.5) is 5.69 Å². The second kappa shape index (κ2) is 11.2. The molecule has 37 heavy (non-hydrogen) atoms. The van der Waals surface area contributed by atoms with Gasteiger partial charge in [-0.05, 0) is 51.2 Å². The third-order valence-electron chi connectivity index (χ3n) is 6.33. The molecule has 0 atom stereocenters. The van der Waals surface area contributed by atoms with Gasteiger partial charge in [-0.25, -0.2) is 13.4 Å². The van der Waals surface area contributed by atoms with E-state index in [4.69, 9.17) is 14.5 Å². The van der Waals surface area contributed by atoms with Crippen LogP contribution in [0.15, 0.2) is 64.0 Å². The smallest absolute Gasteiger partial charge is 0.177 e. The number of methoxy groups -OCH3 is 2. The predicted octanol–water partition coefficient (Wildman–Crippen LogP) is 6.26. The molecule has 1 aromatic heterocycles. The first-order valence-electron chi connectivity index (χ1n) is 12.0. The summed E-state index contributed by atoms with van der Waals surface area (Å²) in [6, 6.07) is 17.3. The van der Waals surface area contributed by atoms with Crippen molar-refractivity contribution in [1.82, 2.24) is 9.55 Å². The van der Waals surface area contributed by atoms with Crippen LogP contribution in [0.25, 0.3) is 22.4 Å². The molecule has 0 amide bonds. The molecule has 1 heterocycles. The Labute approximate surface area is 226 Å². The first kappa shape index (κ1) is 27.2. The van der Waals surface area contributed by atoms with Crippen LogP contribution < -0.4 is 10.1 Å². The fourth-order valence-electron chi connectivity index (χ4n) is 4.35. The number of hydrogen-bond donors (Lipinski definition) is 1. The average molecular weight is 587 g/mol. The quantitative estimate of drug-likeness (QED) is 0.236. The molecule has 0 fully saturated rings. The molecule has 0 aliphatic rings. The van der Waals surface area contributed by atoms with Gasteiger partial charge in [0.05, 0.1) is 28.8 Å². The molecular weight excluding hydrogens is 554 g/mol. The average Bonchev–Trinajstić information content (AvgIpc) is 3.26. The summed E-state index contributed by atoms with van der Waals surface area (Å²) >= 11 is 3.77. The van der Waals surface area contributed by atoms with Crippen LogP contribution in [0.3, 0.4) is 0 Å². The van der Waals surface area contributed by atoms with Crippen LogP contribution in [0.5, 0.6) is 5.75 Å². The number of sulfone groups is 1. The van der Waals surface area contributed by atoms with E-state index in [9.17, 15) is 8.42 Å². The van der Waals surface area contributed by atoms with E-state index in [1.165, 1.54) is 11.8 Å². The molecule has 0 aliphatic heterocycles. The molecule has 7 nitrogen and oxygen atoms in total. The van der Waals surface area contributed by atoms with Crippen molar-refractivity contribution in [3.05, 3.63) is 70.2 Å². The number of nitrogens with one attached hydrogen (secondary N) is 1. The lowest BCUT2D eigenvalue weighted by Gasteiger charge is -2.15. The standard InChI is InChI=1S/C28H32BrN3O4S/c1-18(2)19-10-12-20(13-11-19)28-31-26-25(29)21(16-23(36-4)27(26)32(28)14-15-35-3)17-30-22-8-6-7-9-24(22)37(5,33)34/h6-13,16,18,30H,14-15,17H2,1-5H3. The second-order valence-electron chi connectivity index (χ2n) is 9.23. The summed E-state index contributed by atoms with van der Waals surface area (Å²) in [5.41, 5.74) is 5.36. The summed E-state index contributed by atoms with van der Waals surface area (Å²) < 4.78 is 38.6. The van der Waals surface area contributed by atoms with E-state index in [2.05, 4.69) is 63.9 Å². The molecule has 0 saturated heterocycles. The van der Waals surface area contributed by atoms with E-state index in [1.807, 2.05) is 12.1 Å². The number of para-hydroxylation sites is 1. The Kier molecular flexibility index (Phi) is 8.26. The zero-order valence-corrected chi connectivity index (χ0v) is 24.1. The first-order valence-corrected chi connectivity index (χ1v) is 14.7. The number of halogens is 1. The molecule has 0 saturated carbocycles. The molecule has 0 bridgehead atoms. The van der Waals surface area contributed by atoms with Gasteiger partial charge in [0.15, 0.2) is 9.84 Å². The summed E-state index contributed by atoms with van der Waals surface area (Å²) in [6.45, 7) is 5.86. The van der Waals surface area contributed by atoms with Crippen LogP contribution in [-0.2, 0) is 27.7 Å². The Morgan fingerprint density at radius 3 is 2.41 bits per heavy atom. The van der Waals surface area contributed by atoms with Gasteiger partial charge < -0.3 is 19.4 Å². The Morgan fingerprint density at radius 1 is 1.08 bits per heavy atom.